The van der Waals surface area contributed by atoms with E-state index in [4.69, 9.17) is 5.73 Å². The Kier molecular flexibility index (Phi) is 3.04. The first kappa shape index (κ1) is 8.20. The first-order valence-corrected chi connectivity index (χ1v) is 3.87. The van der Waals surface area contributed by atoms with E-state index in [9.17, 15) is 0 Å². The summed E-state index contributed by atoms with van der Waals surface area (Å²) in [5.74, 6) is 1.04. The Morgan fingerprint density at radius 1 is 1.55 bits per heavy atom. The van der Waals surface area contributed by atoms with Crippen LogP contribution >= 0.6 is 0 Å². The molecule has 0 amide bonds. The van der Waals surface area contributed by atoms with Gasteiger partial charge in [-0.1, -0.05) is 0 Å². The zero-order valence-corrected chi connectivity index (χ0v) is 6.82. The third kappa shape index (κ3) is 2.31. The molecule has 0 atom stereocenters. The Morgan fingerprint density at radius 2 is 2.36 bits per heavy atom. The molecule has 0 aromatic carbocycles. The minimum absolute atomic E-state index is 0.762. The van der Waals surface area contributed by atoms with Gasteiger partial charge in [-0.2, -0.15) is 5.10 Å². The minimum Gasteiger partial charge on any atom is -0.330 e. The van der Waals surface area contributed by atoms with Gasteiger partial charge in [0.25, 0.3) is 0 Å². The Bertz CT molecular complexity index is 206. The molecular formula is C7H14N4. The second kappa shape index (κ2) is 4.08. The number of hydrogen-bond acceptors (Lipinski definition) is 3. The molecule has 4 nitrogen and oxygen atoms in total. The topological polar surface area (TPSA) is 56.7 Å². The summed E-state index contributed by atoms with van der Waals surface area (Å²) in [6, 6.07) is 0. The Morgan fingerprint density at radius 3 is 2.91 bits per heavy atom. The van der Waals surface area contributed by atoms with Crippen LogP contribution in [0.15, 0.2) is 6.33 Å². The van der Waals surface area contributed by atoms with Crippen LogP contribution in [0, 0.1) is 0 Å². The molecule has 0 aliphatic heterocycles. The van der Waals surface area contributed by atoms with Crippen LogP contribution in [0.1, 0.15) is 18.7 Å². The van der Waals surface area contributed by atoms with E-state index in [1.54, 1.807) is 11.0 Å². The summed E-state index contributed by atoms with van der Waals surface area (Å²) >= 11 is 0. The third-order valence-corrected chi connectivity index (χ3v) is 1.66. The Labute approximate surface area is 66.4 Å². The highest BCUT2D eigenvalue weighted by molar-refractivity contribution is 4.82. The molecule has 0 saturated carbocycles. The summed E-state index contributed by atoms with van der Waals surface area (Å²) in [7, 11) is 1.91. The van der Waals surface area contributed by atoms with Crippen molar-refractivity contribution < 1.29 is 0 Å². The van der Waals surface area contributed by atoms with Crippen LogP contribution in [0.25, 0.3) is 0 Å². The fraction of sp³-hybridized carbons (Fsp3) is 0.714. The van der Waals surface area contributed by atoms with Crippen molar-refractivity contribution in [2.75, 3.05) is 6.54 Å². The van der Waals surface area contributed by atoms with Gasteiger partial charge < -0.3 is 5.73 Å². The van der Waals surface area contributed by atoms with Crippen molar-refractivity contribution in [1.82, 2.24) is 14.8 Å². The summed E-state index contributed by atoms with van der Waals surface area (Å²) in [6.45, 7) is 0.762. The SMILES string of the molecule is Cn1ncnc1CCCCN. The molecule has 2 N–H and O–H groups in total. The van der Waals surface area contributed by atoms with Crippen molar-refractivity contribution in [1.29, 1.82) is 0 Å². The van der Waals surface area contributed by atoms with Crippen LogP contribution in [0.4, 0.5) is 0 Å². The van der Waals surface area contributed by atoms with E-state index in [1.807, 2.05) is 7.05 Å². The lowest BCUT2D eigenvalue weighted by atomic mass is 10.2. The highest BCUT2D eigenvalue weighted by atomic mass is 15.3. The van der Waals surface area contributed by atoms with Crippen molar-refractivity contribution in [2.24, 2.45) is 12.8 Å². The molecule has 1 aromatic heterocycles. The molecule has 0 fully saturated rings. The van der Waals surface area contributed by atoms with Gasteiger partial charge in [-0.3, -0.25) is 4.68 Å². The van der Waals surface area contributed by atoms with E-state index in [1.165, 1.54) is 0 Å². The summed E-state index contributed by atoms with van der Waals surface area (Å²) < 4.78 is 1.80. The zero-order chi connectivity index (χ0) is 8.10. The fourth-order valence-corrected chi connectivity index (χ4v) is 0.974. The average molecular weight is 154 g/mol. The van der Waals surface area contributed by atoms with Crippen LogP contribution in [0.2, 0.25) is 0 Å². The van der Waals surface area contributed by atoms with E-state index < -0.39 is 0 Å². The number of nitrogens with zero attached hydrogens (tertiary/aromatic N) is 3. The molecule has 1 aromatic rings. The standard InChI is InChI=1S/C7H14N4/c1-11-7(9-6-10-11)4-2-3-5-8/h6H,2-5,8H2,1H3. The highest BCUT2D eigenvalue weighted by Gasteiger charge is 1.97. The number of aromatic nitrogens is 3. The number of unbranched alkanes of at least 4 members (excludes halogenated alkanes) is 1. The molecule has 1 rings (SSSR count). The van der Waals surface area contributed by atoms with Crippen molar-refractivity contribution in [3.8, 4) is 0 Å². The first-order valence-electron chi connectivity index (χ1n) is 3.87. The van der Waals surface area contributed by atoms with Crippen LogP contribution < -0.4 is 5.73 Å². The fourth-order valence-electron chi connectivity index (χ4n) is 0.974. The molecule has 0 radical (unpaired) electrons. The second-order valence-corrected chi connectivity index (χ2v) is 2.55. The van der Waals surface area contributed by atoms with E-state index in [0.29, 0.717) is 0 Å². The van der Waals surface area contributed by atoms with Crippen LogP contribution in [-0.2, 0) is 13.5 Å². The number of aryl methyl sites for hydroxylation is 2. The monoisotopic (exact) mass is 154 g/mol. The lowest BCUT2D eigenvalue weighted by molar-refractivity contribution is 0.652. The van der Waals surface area contributed by atoms with Crippen molar-refractivity contribution in [3.05, 3.63) is 12.2 Å². The zero-order valence-electron chi connectivity index (χ0n) is 6.82. The predicted molar refractivity (Wildman–Crippen MR) is 43.0 cm³/mol. The van der Waals surface area contributed by atoms with Crippen LogP contribution in [0.5, 0.6) is 0 Å². The number of rotatable bonds is 4. The van der Waals surface area contributed by atoms with Crippen molar-refractivity contribution in [3.63, 3.8) is 0 Å². The van der Waals surface area contributed by atoms with Gasteiger partial charge in [-0.15, -0.1) is 0 Å². The van der Waals surface area contributed by atoms with Gasteiger partial charge in [0.2, 0.25) is 0 Å². The molecule has 0 saturated heterocycles. The molecule has 0 aliphatic carbocycles. The highest BCUT2D eigenvalue weighted by Crippen LogP contribution is 1.98. The quantitative estimate of drug-likeness (QED) is 0.625. The van der Waals surface area contributed by atoms with Gasteiger partial charge in [-0.05, 0) is 19.4 Å². The minimum atomic E-state index is 0.762. The van der Waals surface area contributed by atoms with Gasteiger partial charge >= 0.3 is 0 Å². The average Bonchev–Trinajstić information content (AvgIpc) is 2.37. The number of nitrogens with two attached hydrogens (primary N) is 1. The number of hydrogen-bond donors (Lipinski definition) is 1. The molecule has 1 heterocycles. The normalized spacial score (nSPS) is 10.4. The second-order valence-electron chi connectivity index (χ2n) is 2.55. The smallest absolute Gasteiger partial charge is 0.138 e. The molecule has 0 spiro atoms. The lowest BCUT2D eigenvalue weighted by Crippen LogP contribution is -2.03. The van der Waals surface area contributed by atoms with Crippen molar-refractivity contribution >= 4 is 0 Å². The maximum Gasteiger partial charge on any atom is 0.138 e. The van der Waals surface area contributed by atoms with Gasteiger partial charge in [0.05, 0.1) is 0 Å². The molecule has 4 heteroatoms. The molecular weight excluding hydrogens is 140 g/mol. The van der Waals surface area contributed by atoms with Crippen molar-refractivity contribution in [2.45, 2.75) is 19.3 Å². The first-order chi connectivity index (χ1) is 5.34. The summed E-state index contributed by atoms with van der Waals surface area (Å²) in [5, 5.41) is 3.97. The van der Waals surface area contributed by atoms with Crippen LogP contribution in [0.3, 0.4) is 0 Å². The van der Waals surface area contributed by atoms with E-state index in [-0.39, 0.29) is 0 Å². The molecule has 0 bridgehead atoms. The van der Waals surface area contributed by atoms with Gasteiger partial charge in [-0.25, -0.2) is 4.98 Å². The van der Waals surface area contributed by atoms with Gasteiger partial charge in [0.15, 0.2) is 0 Å². The molecule has 0 unspecified atom stereocenters. The third-order valence-electron chi connectivity index (χ3n) is 1.66. The van der Waals surface area contributed by atoms with E-state index >= 15 is 0 Å². The molecule has 62 valence electrons. The summed E-state index contributed by atoms with van der Waals surface area (Å²) in [4.78, 5) is 4.10. The Balaban J connectivity index is 2.32. The predicted octanol–water partition coefficient (Wildman–Crippen LogP) is 0.0965. The molecule has 0 aliphatic rings. The van der Waals surface area contributed by atoms with E-state index in [2.05, 4.69) is 10.1 Å². The maximum absolute atomic E-state index is 5.36. The summed E-state index contributed by atoms with van der Waals surface area (Å²) in [6.07, 6.45) is 4.72. The van der Waals surface area contributed by atoms with E-state index in [0.717, 1.165) is 31.6 Å². The maximum atomic E-state index is 5.36. The van der Waals surface area contributed by atoms with Gasteiger partial charge in [0.1, 0.15) is 12.2 Å². The van der Waals surface area contributed by atoms with Gasteiger partial charge in [0, 0.05) is 13.5 Å². The van der Waals surface area contributed by atoms with Crippen LogP contribution in [-0.4, -0.2) is 21.3 Å². The summed E-state index contributed by atoms with van der Waals surface area (Å²) in [5.41, 5.74) is 5.36. The lowest BCUT2D eigenvalue weighted by Gasteiger charge is -1.97. The largest absolute Gasteiger partial charge is 0.330 e. The molecule has 11 heavy (non-hydrogen) atoms. The Hall–Kier alpha value is -0.900.